The van der Waals surface area contributed by atoms with Gasteiger partial charge in [-0.1, -0.05) is 0 Å². The molecule has 1 aromatic heterocycles. The third-order valence-electron chi connectivity index (χ3n) is 4.77. The van der Waals surface area contributed by atoms with Gasteiger partial charge in [-0.2, -0.15) is 0 Å². The van der Waals surface area contributed by atoms with Crippen LogP contribution in [-0.4, -0.2) is 54.4 Å². The van der Waals surface area contributed by atoms with Gasteiger partial charge in [0.15, 0.2) is 0 Å². The Kier molecular flexibility index (Phi) is 5.28. The standard InChI is InChI=1S/C18H24FN3O2/c1-24-16-5-3-12-2-4-15(19)17(18(12)21-16)13(11-23)10-22-8-6-14(20)7-9-22/h2-5,13-14,23H,6-11,20H2,1H3. The lowest BCUT2D eigenvalue weighted by Crippen LogP contribution is -2.42. The van der Waals surface area contributed by atoms with E-state index < -0.39 is 0 Å². The SMILES string of the molecule is COc1ccc2ccc(F)c(C(CO)CN3CCC(N)CC3)c2n1. The number of ether oxygens (including phenoxy) is 1. The first-order valence-corrected chi connectivity index (χ1v) is 8.34. The van der Waals surface area contributed by atoms with E-state index in [1.54, 1.807) is 12.1 Å². The van der Waals surface area contributed by atoms with Gasteiger partial charge in [0.25, 0.3) is 0 Å². The van der Waals surface area contributed by atoms with Crippen molar-refractivity contribution in [1.29, 1.82) is 0 Å². The summed E-state index contributed by atoms with van der Waals surface area (Å²) in [6.07, 6.45) is 1.87. The molecule has 0 spiro atoms. The summed E-state index contributed by atoms with van der Waals surface area (Å²) in [6.45, 7) is 2.22. The number of halogens is 1. The number of likely N-dealkylation sites (tertiary alicyclic amines) is 1. The lowest BCUT2D eigenvalue weighted by atomic mass is 9.94. The monoisotopic (exact) mass is 333 g/mol. The highest BCUT2D eigenvalue weighted by atomic mass is 19.1. The summed E-state index contributed by atoms with van der Waals surface area (Å²) in [5.74, 6) is -0.228. The summed E-state index contributed by atoms with van der Waals surface area (Å²) >= 11 is 0. The Morgan fingerprint density at radius 3 is 2.71 bits per heavy atom. The van der Waals surface area contributed by atoms with E-state index in [1.165, 1.54) is 13.2 Å². The van der Waals surface area contributed by atoms with Gasteiger partial charge in [0, 0.05) is 35.5 Å². The summed E-state index contributed by atoms with van der Waals surface area (Å²) in [6, 6.07) is 7.01. The summed E-state index contributed by atoms with van der Waals surface area (Å²) in [5.41, 5.74) is 6.96. The van der Waals surface area contributed by atoms with E-state index in [1.807, 2.05) is 6.07 Å². The largest absolute Gasteiger partial charge is 0.481 e. The Hall–Kier alpha value is -1.76. The van der Waals surface area contributed by atoms with Crippen molar-refractivity contribution in [1.82, 2.24) is 9.88 Å². The van der Waals surface area contributed by atoms with Crippen LogP contribution in [0.3, 0.4) is 0 Å². The molecule has 5 nitrogen and oxygen atoms in total. The number of benzene rings is 1. The van der Waals surface area contributed by atoms with Crippen molar-refractivity contribution in [2.75, 3.05) is 33.4 Å². The third kappa shape index (κ3) is 3.50. The minimum absolute atomic E-state index is 0.128. The maximum absolute atomic E-state index is 14.6. The molecule has 0 saturated carbocycles. The minimum Gasteiger partial charge on any atom is -0.481 e. The molecule has 0 amide bonds. The van der Waals surface area contributed by atoms with Gasteiger partial charge in [-0.3, -0.25) is 0 Å². The van der Waals surface area contributed by atoms with E-state index in [4.69, 9.17) is 10.5 Å². The number of nitrogens with zero attached hydrogens (tertiary/aromatic N) is 2. The lowest BCUT2D eigenvalue weighted by Gasteiger charge is -2.32. The van der Waals surface area contributed by atoms with Crippen molar-refractivity contribution in [2.24, 2.45) is 5.73 Å². The van der Waals surface area contributed by atoms with Crippen LogP contribution >= 0.6 is 0 Å². The zero-order valence-electron chi connectivity index (χ0n) is 13.9. The molecule has 3 rings (SSSR count). The number of pyridine rings is 1. The van der Waals surface area contributed by atoms with Crippen LogP contribution in [0.15, 0.2) is 24.3 Å². The van der Waals surface area contributed by atoms with E-state index in [2.05, 4.69) is 9.88 Å². The van der Waals surface area contributed by atoms with E-state index in [0.717, 1.165) is 31.3 Å². The van der Waals surface area contributed by atoms with Gasteiger partial charge in [-0.15, -0.1) is 0 Å². The average Bonchev–Trinajstić information content (AvgIpc) is 2.61. The maximum Gasteiger partial charge on any atom is 0.213 e. The molecule has 1 aliphatic heterocycles. The molecular weight excluding hydrogens is 309 g/mol. The molecule has 24 heavy (non-hydrogen) atoms. The third-order valence-corrected chi connectivity index (χ3v) is 4.77. The summed E-state index contributed by atoms with van der Waals surface area (Å²) in [4.78, 5) is 6.66. The highest BCUT2D eigenvalue weighted by Crippen LogP contribution is 2.30. The van der Waals surface area contributed by atoms with Crippen LogP contribution in [0.2, 0.25) is 0 Å². The van der Waals surface area contributed by atoms with Crippen LogP contribution in [-0.2, 0) is 0 Å². The van der Waals surface area contributed by atoms with Gasteiger partial charge < -0.3 is 20.5 Å². The lowest BCUT2D eigenvalue weighted by molar-refractivity contribution is 0.169. The second-order valence-corrected chi connectivity index (χ2v) is 6.40. The molecule has 1 fully saturated rings. The Morgan fingerprint density at radius 1 is 1.33 bits per heavy atom. The fourth-order valence-corrected chi connectivity index (χ4v) is 3.36. The molecular formula is C18H24FN3O2. The van der Waals surface area contributed by atoms with Crippen LogP contribution in [0.5, 0.6) is 5.88 Å². The topological polar surface area (TPSA) is 71.6 Å². The van der Waals surface area contributed by atoms with Crippen LogP contribution in [0, 0.1) is 5.82 Å². The van der Waals surface area contributed by atoms with E-state index >= 15 is 0 Å². The molecule has 3 N–H and O–H groups in total. The number of aromatic nitrogens is 1. The summed E-state index contributed by atoms with van der Waals surface area (Å²) < 4.78 is 19.8. The van der Waals surface area contributed by atoms with Gasteiger partial charge in [-0.05, 0) is 44.1 Å². The molecule has 1 aliphatic rings. The van der Waals surface area contributed by atoms with Crippen LogP contribution in [0.1, 0.15) is 24.3 Å². The predicted molar refractivity (Wildman–Crippen MR) is 91.7 cm³/mol. The first-order chi connectivity index (χ1) is 11.6. The van der Waals surface area contributed by atoms with Crippen molar-refractivity contribution in [2.45, 2.75) is 24.8 Å². The smallest absolute Gasteiger partial charge is 0.213 e. The first-order valence-electron chi connectivity index (χ1n) is 8.34. The Balaban J connectivity index is 1.94. The molecule has 2 aromatic rings. The number of aliphatic hydroxyl groups is 1. The van der Waals surface area contributed by atoms with Crippen LogP contribution < -0.4 is 10.5 Å². The first kappa shape index (κ1) is 17.1. The number of rotatable bonds is 5. The maximum atomic E-state index is 14.6. The van der Waals surface area contributed by atoms with E-state index in [-0.39, 0.29) is 24.4 Å². The number of nitrogens with two attached hydrogens (primary N) is 1. The molecule has 0 bridgehead atoms. The van der Waals surface area contributed by atoms with Gasteiger partial charge in [-0.25, -0.2) is 9.37 Å². The molecule has 1 saturated heterocycles. The van der Waals surface area contributed by atoms with Crippen molar-refractivity contribution in [3.05, 3.63) is 35.6 Å². The van der Waals surface area contributed by atoms with Crippen LogP contribution in [0.25, 0.3) is 10.9 Å². The van der Waals surface area contributed by atoms with Crippen molar-refractivity contribution in [3.63, 3.8) is 0 Å². The Labute approximate surface area is 141 Å². The number of hydrogen-bond donors (Lipinski definition) is 2. The number of aliphatic hydroxyl groups excluding tert-OH is 1. The second-order valence-electron chi connectivity index (χ2n) is 6.40. The number of piperidine rings is 1. The van der Waals surface area contributed by atoms with Crippen molar-refractivity contribution in [3.8, 4) is 5.88 Å². The Morgan fingerprint density at radius 2 is 2.04 bits per heavy atom. The average molecular weight is 333 g/mol. The zero-order valence-corrected chi connectivity index (χ0v) is 13.9. The Bertz CT molecular complexity index is 702. The molecule has 2 heterocycles. The fourth-order valence-electron chi connectivity index (χ4n) is 3.36. The van der Waals surface area contributed by atoms with Crippen molar-refractivity contribution < 1.29 is 14.2 Å². The second kappa shape index (κ2) is 7.42. The number of hydrogen-bond acceptors (Lipinski definition) is 5. The van der Waals surface area contributed by atoms with Gasteiger partial charge in [0.1, 0.15) is 5.82 Å². The quantitative estimate of drug-likeness (QED) is 0.874. The molecule has 0 aliphatic carbocycles. The molecule has 0 radical (unpaired) electrons. The van der Waals surface area contributed by atoms with E-state index in [9.17, 15) is 9.50 Å². The molecule has 1 unspecified atom stereocenters. The normalized spacial score (nSPS) is 18.0. The van der Waals surface area contributed by atoms with Crippen LogP contribution in [0.4, 0.5) is 4.39 Å². The zero-order chi connectivity index (χ0) is 17.1. The highest BCUT2D eigenvalue weighted by molar-refractivity contribution is 5.83. The molecule has 6 heteroatoms. The fraction of sp³-hybridized carbons (Fsp3) is 0.500. The molecule has 1 aromatic carbocycles. The van der Waals surface area contributed by atoms with Gasteiger partial charge >= 0.3 is 0 Å². The molecule has 130 valence electrons. The summed E-state index contributed by atoms with van der Waals surface area (Å²) in [5, 5.41) is 10.7. The number of fused-ring (bicyclic) bond motifs is 1. The van der Waals surface area contributed by atoms with E-state index in [0.29, 0.717) is 23.5 Å². The molecule has 1 atom stereocenters. The predicted octanol–water partition coefficient (Wildman–Crippen LogP) is 1.88. The highest BCUT2D eigenvalue weighted by Gasteiger charge is 2.24. The van der Waals surface area contributed by atoms with Gasteiger partial charge in [0.05, 0.1) is 19.2 Å². The number of methoxy groups -OCH3 is 1. The minimum atomic E-state index is -0.337. The van der Waals surface area contributed by atoms with Crippen molar-refractivity contribution >= 4 is 10.9 Å². The van der Waals surface area contributed by atoms with Gasteiger partial charge in [0.2, 0.25) is 5.88 Å². The summed E-state index contributed by atoms with van der Waals surface area (Å²) in [7, 11) is 1.54.